The number of rotatable bonds is 4. The summed E-state index contributed by atoms with van der Waals surface area (Å²) in [5.41, 5.74) is 0.656. The zero-order chi connectivity index (χ0) is 23.9. The number of hydrogen-bond donors (Lipinski definition) is 2. The number of thioether (sulfide) groups is 1. The molecule has 3 aliphatic heterocycles. The van der Waals surface area contributed by atoms with E-state index in [4.69, 9.17) is 4.74 Å². The van der Waals surface area contributed by atoms with Crippen LogP contribution >= 0.6 is 11.8 Å². The molecule has 174 valence electrons. The summed E-state index contributed by atoms with van der Waals surface area (Å²) < 4.78 is 5.20. The van der Waals surface area contributed by atoms with Crippen LogP contribution in [0.5, 0.6) is 0 Å². The smallest absolute Gasteiger partial charge is 0.408 e. The Hall–Kier alpha value is -3.34. The number of allylic oxidation sites excluding steroid dienone is 1. The minimum absolute atomic E-state index is 0.161. The molecule has 0 unspecified atom stereocenters. The van der Waals surface area contributed by atoms with Crippen LogP contribution in [0.25, 0.3) is 0 Å². The van der Waals surface area contributed by atoms with E-state index in [1.54, 1.807) is 56.3 Å². The van der Waals surface area contributed by atoms with Crippen LogP contribution in [0.2, 0.25) is 0 Å². The highest BCUT2D eigenvalue weighted by Gasteiger charge is 2.54. The molecule has 3 amide bonds. The Morgan fingerprint density at radius 1 is 1.33 bits per heavy atom. The van der Waals surface area contributed by atoms with Gasteiger partial charge in [-0.3, -0.25) is 19.5 Å². The Morgan fingerprint density at radius 3 is 2.73 bits per heavy atom. The maximum Gasteiger partial charge on any atom is 0.408 e. The van der Waals surface area contributed by atoms with Gasteiger partial charge < -0.3 is 20.1 Å². The number of nitrogens with zero attached hydrogens (tertiary/aromatic N) is 3. The van der Waals surface area contributed by atoms with Gasteiger partial charge in [0.25, 0.3) is 11.8 Å². The van der Waals surface area contributed by atoms with Gasteiger partial charge in [0.1, 0.15) is 22.7 Å². The lowest BCUT2D eigenvalue weighted by atomic mass is 10.0. The topological polar surface area (TPSA) is 129 Å². The van der Waals surface area contributed by atoms with Crippen molar-refractivity contribution in [2.75, 3.05) is 17.2 Å². The lowest BCUT2D eigenvalue weighted by Crippen LogP contribution is -2.70. The van der Waals surface area contributed by atoms with Crippen molar-refractivity contribution in [3.05, 3.63) is 47.4 Å². The summed E-state index contributed by atoms with van der Waals surface area (Å²) in [6.45, 7) is 5.59. The molecule has 0 saturated carbocycles. The van der Waals surface area contributed by atoms with Gasteiger partial charge in [-0.05, 0) is 51.0 Å². The number of fused-ring (bicyclic) bond motifs is 1. The second kappa shape index (κ2) is 8.54. The van der Waals surface area contributed by atoms with Crippen molar-refractivity contribution in [2.24, 2.45) is 0 Å². The van der Waals surface area contributed by atoms with Gasteiger partial charge in [0.15, 0.2) is 0 Å². The largest absolute Gasteiger partial charge is 0.477 e. The van der Waals surface area contributed by atoms with E-state index >= 15 is 0 Å². The first-order valence-corrected chi connectivity index (χ1v) is 11.4. The average molecular weight is 473 g/mol. The fourth-order valence-corrected chi connectivity index (χ4v) is 5.21. The fraction of sp³-hybridized carbons (Fsp3) is 0.409. The van der Waals surface area contributed by atoms with E-state index < -0.39 is 35.0 Å². The first-order valence-electron chi connectivity index (χ1n) is 10.4. The second-order valence-electron chi connectivity index (χ2n) is 8.80. The number of pyridine rings is 1. The normalized spacial score (nSPS) is 24.0. The van der Waals surface area contributed by atoms with Gasteiger partial charge in [0.05, 0.1) is 11.9 Å². The molecule has 2 saturated heterocycles. The molecule has 33 heavy (non-hydrogen) atoms. The van der Waals surface area contributed by atoms with Crippen LogP contribution in [0, 0.1) is 0 Å². The van der Waals surface area contributed by atoms with E-state index in [0.717, 1.165) is 0 Å². The predicted octanol–water partition coefficient (Wildman–Crippen LogP) is 1.89. The molecule has 0 bridgehead atoms. The number of alkyl carbamates (subject to hydrolysis) is 1. The van der Waals surface area contributed by atoms with E-state index in [-0.39, 0.29) is 17.4 Å². The zero-order valence-electron chi connectivity index (χ0n) is 18.4. The number of carbonyl (C=O) groups is 4. The number of carbonyl (C=O) groups excluding carboxylic acids is 3. The Bertz CT molecular complexity index is 1080. The Morgan fingerprint density at radius 2 is 2.09 bits per heavy atom. The number of hydrogen-bond acceptors (Lipinski definition) is 7. The number of aromatic nitrogens is 1. The molecular formula is C22H24N4O6S. The van der Waals surface area contributed by atoms with Crippen LogP contribution in [0.3, 0.4) is 0 Å². The monoisotopic (exact) mass is 472 g/mol. The molecule has 0 spiro atoms. The number of ether oxygens (including phenoxy) is 1. The van der Waals surface area contributed by atoms with Gasteiger partial charge in [-0.25, -0.2) is 9.59 Å². The Labute approximate surface area is 194 Å². The quantitative estimate of drug-likeness (QED) is 0.502. The molecule has 1 aromatic rings. The van der Waals surface area contributed by atoms with Gasteiger partial charge in [-0.2, -0.15) is 0 Å². The van der Waals surface area contributed by atoms with Crippen LogP contribution in [0.4, 0.5) is 10.5 Å². The summed E-state index contributed by atoms with van der Waals surface area (Å²) in [7, 11) is 0. The third-order valence-electron chi connectivity index (χ3n) is 5.30. The van der Waals surface area contributed by atoms with Crippen LogP contribution in [0.1, 0.15) is 27.2 Å². The van der Waals surface area contributed by atoms with Crippen molar-refractivity contribution in [1.29, 1.82) is 0 Å². The first kappa shape index (κ1) is 22.8. The van der Waals surface area contributed by atoms with Crippen LogP contribution in [0.15, 0.2) is 47.4 Å². The maximum absolute atomic E-state index is 12.9. The van der Waals surface area contributed by atoms with E-state index in [2.05, 4.69) is 10.3 Å². The SMILES string of the molecule is CC(C)(C)OC(=O)N[C@@H]1C(=O)N2C(C(=O)O)=C(/C=C3\CCN(c4cccnc4)C3=O)CS[C@H]12. The molecule has 1 aromatic heterocycles. The maximum atomic E-state index is 12.9. The van der Waals surface area contributed by atoms with E-state index in [9.17, 15) is 24.3 Å². The average Bonchev–Trinajstić information content (AvgIpc) is 3.11. The predicted molar refractivity (Wildman–Crippen MR) is 120 cm³/mol. The summed E-state index contributed by atoms with van der Waals surface area (Å²) in [6, 6.07) is 2.65. The second-order valence-corrected chi connectivity index (χ2v) is 9.91. The third-order valence-corrected chi connectivity index (χ3v) is 6.61. The summed E-state index contributed by atoms with van der Waals surface area (Å²) in [4.78, 5) is 56.5. The molecule has 2 atom stereocenters. The van der Waals surface area contributed by atoms with Gasteiger partial charge >= 0.3 is 12.1 Å². The van der Waals surface area contributed by atoms with E-state index in [1.165, 1.54) is 16.7 Å². The van der Waals surface area contributed by atoms with Crippen molar-refractivity contribution in [2.45, 2.75) is 44.2 Å². The Balaban J connectivity index is 1.54. The number of anilines is 1. The van der Waals surface area contributed by atoms with Gasteiger partial charge in [0.2, 0.25) is 0 Å². The molecule has 2 N–H and O–H groups in total. The van der Waals surface area contributed by atoms with Crippen molar-refractivity contribution < 1.29 is 29.0 Å². The molecule has 0 radical (unpaired) electrons. The van der Waals surface area contributed by atoms with Crippen molar-refractivity contribution in [3.8, 4) is 0 Å². The lowest BCUT2D eigenvalue weighted by molar-refractivity contribution is -0.149. The molecule has 2 fully saturated rings. The van der Waals surface area contributed by atoms with E-state index in [1.807, 2.05) is 0 Å². The van der Waals surface area contributed by atoms with E-state index in [0.29, 0.717) is 29.8 Å². The lowest BCUT2D eigenvalue weighted by Gasteiger charge is -2.49. The summed E-state index contributed by atoms with van der Waals surface area (Å²) in [5.74, 6) is -1.72. The number of amides is 3. The highest BCUT2D eigenvalue weighted by atomic mass is 32.2. The van der Waals surface area contributed by atoms with Crippen molar-refractivity contribution >= 4 is 41.3 Å². The molecule has 4 heterocycles. The number of carboxylic acids is 1. The highest BCUT2D eigenvalue weighted by Crippen LogP contribution is 2.41. The van der Waals surface area contributed by atoms with Crippen molar-refractivity contribution in [1.82, 2.24) is 15.2 Å². The molecule has 3 aliphatic rings. The molecule has 0 aliphatic carbocycles. The molecule has 4 rings (SSSR count). The third kappa shape index (κ3) is 4.45. The summed E-state index contributed by atoms with van der Waals surface area (Å²) >= 11 is 1.33. The molecular weight excluding hydrogens is 448 g/mol. The minimum Gasteiger partial charge on any atom is -0.477 e. The van der Waals surface area contributed by atoms with Crippen LogP contribution < -0.4 is 10.2 Å². The number of nitrogens with one attached hydrogen (secondary N) is 1. The van der Waals surface area contributed by atoms with Crippen LogP contribution in [-0.2, 0) is 19.1 Å². The number of β-lactam (4-membered cyclic amide) rings is 1. The minimum atomic E-state index is -1.26. The number of aliphatic carboxylic acids is 1. The van der Waals surface area contributed by atoms with Crippen LogP contribution in [-0.4, -0.2) is 68.2 Å². The van der Waals surface area contributed by atoms with Crippen molar-refractivity contribution in [3.63, 3.8) is 0 Å². The Kier molecular flexibility index (Phi) is 5.91. The number of carboxylic acid groups (broad SMARTS) is 1. The standard InChI is InChI=1S/C22H24N4O6S/c1-22(2,3)32-21(31)24-15-18(28)26-16(20(29)30)13(11-33-19(15)26)9-12-6-8-25(17(12)27)14-5-4-7-23-10-14/h4-5,7,9-10,15,19H,6,8,11H2,1-3H3,(H,24,31)(H,29,30)/b12-9+/t15-,19-/m1/s1. The van der Waals surface area contributed by atoms with Gasteiger partial charge in [-0.1, -0.05) is 0 Å². The van der Waals surface area contributed by atoms with Gasteiger partial charge in [0, 0.05) is 24.1 Å². The molecule has 11 heteroatoms. The highest BCUT2D eigenvalue weighted by molar-refractivity contribution is 8.00. The molecule has 0 aromatic carbocycles. The summed E-state index contributed by atoms with van der Waals surface area (Å²) in [5, 5.41) is 11.8. The van der Waals surface area contributed by atoms with Gasteiger partial charge in [-0.15, -0.1) is 11.8 Å². The zero-order valence-corrected chi connectivity index (χ0v) is 19.2. The fourth-order valence-electron chi connectivity index (χ4n) is 3.91. The first-order chi connectivity index (χ1) is 15.6. The molecule has 10 nitrogen and oxygen atoms in total. The summed E-state index contributed by atoms with van der Waals surface area (Å²) in [6.07, 6.45) is 4.51.